The van der Waals surface area contributed by atoms with E-state index in [4.69, 9.17) is 4.98 Å². The molecule has 0 radical (unpaired) electrons. The van der Waals surface area contributed by atoms with Gasteiger partial charge in [0.05, 0.1) is 22.1 Å². The second kappa shape index (κ2) is 6.41. The highest BCUT2D eigenvalue weighted by Crippen LogP contribution is 2.44. The van der Waals surface area contributed by atoms with Crippen LogP contribution in [0, 0.1) is 25.6 Å². The van der Waals surface area contributed by atoms with Crippen LogP contribution in [0.5, 0.6) is 0 Å². The second-order valence-corrected chi connectivity index (χ2v) is 9.75. The highest BCUT2D eigenvalue weighted by atomic mass is 19.1. The zero-order valence-electron chi connectivity index (χ0n) is 18.5. The van der Waals surface area contributed by atoms with Crippen LogP contribution in [0.3, 0.4) is 0 Å². The summed E-state index contributed by atoms with van der Waals surface area (Å²) in [6, 6.07) is 15.2. The van der Waals surface area contributed by atoms with Crippen molar-refractivity contribution in [1.29, 1.82) is 0 Å². The minimum absolute atomic E-state index is 0.118. The molecule has 1 saturated carbocycles. The van der Waals surface area contributed by atoms with E-state index in [1.807, 2.05) is 26.1 Å². The van der Waals surface area contributed by atoms with E-state index >= 15 is 4.39 Å². The van der Waals surface area contributed by atoms with Gasteiger partial charge in [0.1, 0.15) is 5.82 Å². The summed E-state index contributed by atoms with van der Waals surface area (Å²) in [6.07, 6.45) is 8.38. The number of nitrogens with zero attached hydrogens (tertiary/aromatic N) is 2. The van der Waals surface area contributed by atoms with Crippen molar-refractivity contribution in [3.63, 3.8) is 0 Å². The predicted octanol–water partition coefficient (Wildman–Crippen LogP) is 7.87. The minimum Gasteiger partial charge on any atom is -0.307 e. The molecule has 0 spiro atoms. The summed E-state index contributed by atoms with van der Waals surface area (Å²) in [6.45, 7) is 3.77. The van der Waals surface area contributed by atoms with Crippen molar-refractivity contribution in [1.82, 2.24) is 9.38 Å². The van der Waals surface area contributed by atoms with Gasteiger partial charge in [-0.25, -0.2) is 4.39 Å². The van der Waals surface area contributed by atoms with Gasteiger partial charge in [-0.3, -0.25) is 4.98 Å². The van der Waals surface area contributed by atoms with Crippen LogP contribution in [0.4, 0.5) is 4.39 Å². The predicted molar refractivity (Wildman–Crippen MR) is 131 cm³/mol. The van der Waals surface area contributed by atoms with Gasteiger partial charge >= 0.3 is 0 Å². The Labute approximate surface area is 186 Å². The molecule has 1 aliphatic rings. The third kappa shape index (κ3) is 2.26. The van der Waals surface area contributed by atoms with Crippen LogP contribution >= 0.6 is 0 Å². The zero-order valence-corrected chi connectivity index (χ0v) is 18.5. The molecular weight excluding hydrogens is 395 g/mol. The molecule has 3 aromatic heterocycles. The third-order valence-corrected chi connectivity index (χ3v) is 7.85. The van der Waals surface area contributed by atoms with E-state index in [0.717, 1.165) is 34.3 Å². The number of hydrogen-bond acceptors (Lipinski definition) is 1. The summed E-state index contributed by atoms with van der Waals surface area (Å²) in [5.41, 5.74) is 7.10. The van der Waals surface area contributed by atoms with Crippen molar-refractivity contribution in [3.8, 4) is 0 Å². The molecule has 7 rings (SSSR count). The lowest BCUT2D eigenvalue weighted by Gasteiger charge is -2.17. The Balaban J connectivity index is 1.78. The number of pyridine rings is 2. The number of halogens is 1. The molecule has 1 fully saturated rings. The molecule has 32 heavy (non-hydrogen) atoms. The van der Waals surface area contributed by atoms with Gasteiger partial charge in [-0.2, -0.15) is 0 Å². The summed E-state index contributed by atoms with van der Waals surface area (Å²) < 4.78 is 17.5. The fraction of sp³-hybridized carbons (Fsp3) is 0.276. The zero-order chi connectivity index (χ0) is 21.6. The molecule has 3 heterocycles. The van der Waals surface area contributed by atoms with Crippen LogP contribution in [0.15, 0.2) is 48.7 Å². The monoisotopic (exact) mass is 420 g/mol. The van der Waals surface area contributed by atoms with E-state index in [1.54, 1.807) is 0 Å². The highest BCUT2D eigenvalue weighted by molar-refractivity contribution is 6.28. The molecule has 0 saturated heterocycles. The third-order valence-electron chi connectivity index (χ3n) is 7.85. The second-order valence-electron chi connectivity index (χ2n) is 9.75. The van der Waals surface area contributed by atoms with E-state index in [9.17, 15) is 0 Å². The van der Waals surface area contributed by atoms with Crippen LogP contribution in [-0.2, 0) is 6.42 Å². The maximum Gasteiger partial charge on any atom is 0.131 e. The van der Waals surface area contributed by atoms with E-state index in [2.05, 4.69) is 40.8 Å². The Hall–Kier alpha value is -3.20. The van der Waals surface area contributed by atoms with Crippen molar-refractivity contribution in [2.75, 3.05) is 0 Å². The number of aryl methyl sites for hydroxylation is 2. The average molecular weight is 421 g/mol. The quantitative estimate of drug-likeness (QED) is 0.206. The van der Waals surface area contributed by atoms with E-state index in [0.29, 0.717) is 11.1 Å². The lowest BCUT2D eigenvalue weighted by Crippen LogP contribution is -2.02. The van der Waals surface area contributed by atoms with Crippen molar-refractivity contribution in [3.05, 3.63) is 71.2 Å². The van der Waals surface area contributed by atoms with Crippen LogP contribution in [0.1, 0.15) is 42.4 Å². The fourth-order valence-electron chi connectivity index (χ4n) is 6.45. The Bertz CT molecular complexity index is 1690. The minimum atomic E-state index is -0.118. The summed E-state index contributed by atoms with van der Waals surface area (Å²) in [5, 5.41) is 6.07. The van der Waals surface area contributed by atoms with Gasteiger partial charge in [0.25, 0.3) is 0 Å². The number of hydrogen-bond donors (Lipinski definition) is 0. The molecule has 158 valence electrons. The molecule has 0 N–H and O–H groups in total. The Morgan fingerprint density at radius 3 is 2.62 bits per heavy atom. The van der Waals surface area contributed by atoms with Crippen LogP contribution < -0.4 is 0 Å². The summed E-state index contributed by atoms with van der Waals surface area (Å²) >= 11 is 0. The molecule has 1 aliphatic carbocycles. The van der Waals surface area contributed by atoms with Crippen LogP contribution in [-0.4, -0.2) is 9.38 Å². The number of aromatic nitrogens is 2. The van der Waals surface area contributed by atoms with Gasteiger partial charge in [0.15, 0.2) is 0 Å². The fourth-order valence-corrected chi connectivity index (χ4v) is 6.45. The highest BCUT2D eigenvalue weighted by Gasteiger charge is 2.25. The Morgan fingerprint density at radius 2 is 1.78 bits per heavy atom. The van der Waals surface area contributed by atoms with E-state index in [-0.39, 0.29) is 5.82 Å². The standard InChI is InChI=1S/C29H25FN2/c1-16-13-22-27-25-19(11-12-31-27)15-20(14-18-7-3-4-8-18)24-21-9-5-6-10-23(21)32(29(24)25)28(22)17(2)26(16)30/h5-6,9-13,15,18H,3-4,7-8,14H2,1-2H3. The lowest BCUT2D eigenvalue weighted by molar-refractivity contribution is 0.549. The first-order valence-electron chi connectivity index (χ1n) is 11.8. The van der Waals surface area contributed by atoms with Gasteiger partial charge in [-0.05, 0) is 60.9 Å². The maximum atomic E-state index is 15.2. The van der Waals surface area contributed by atoms with Crippen molar-refractivity contribution >= 4 is 49.0 Å². The average Bonchev–Trinajstić information content (AvgIpc) is 3.43. The van der Waals surface area contributed by atoms with Gasteiger partial charge in [0.2, 0.25) is 0 Å². The SMILES string of the molecule is Cc1cc2c3nccc4cc(CC5CCCC5)c5c6ccccc6n(c2c(C)c1F)c5c43. The lowest BCUT2D eigenvalue weighted by atomic mass is 9.91. The number of rotatable bonds is 2. The van der Waals surface area contributed by atoms with Crippen molar-refractivity contribution in [2.45, 2.75) is 46.0 Å². The van der Waals surface area contributed by atoms with E-state index < -0.39 is 0 Å². The molecule has 0 atom stereocenters. The molecular formula is C29H25FN2. The summed E-state index contributed by atoms with van der Waals surface area (Å²) in [7, 11) is 0. The summed E-state index contributed by atoms with van der Waals surface area (Å²) in [5.74, 6) is 0.642. The summed E-state index contributed by atoms with van der Waals surface area (Å²) in [4.78, 5) is 4.84. The molecule has 0 amide bonds. The maximum absolute atomic E-state index is 15.2. The van der Waals surface area contributed by atoms with Crippen molar-refractivity contribution in [2.24, 2.45) is 5.92 Å². The molecule has 3 aromatic carbocycles. The number of benzene rings is 3. The first-order chi connectivity index (χ1) is 15.6. The van der Waals surface area contributed by atoms with Gasteiger partial charge in [0, 0.05) is 33.3 Å². The van der Waals surface area contributed by atoms with Crippen LogP contribution in [0.25, 0.3) is 49.0 Å². The van der Waals surface area contributed by atoms with Gasteiger partial charge in [-0.1, -0.05) is 49.9 Å². The molecule has 3 heteroatoms. The largest absolute Gasteiger partial charge is 0.307 e. The topological polar surface area (TPSA) is 17.3 Å². The number of fused-ring (bicyclic) bond motifs is 6. The van der Waals surface area contributed by atoms with Gasteiger partial charge in [-0.15, -0.1) is 0 Å². The normalized spacial score (nSPS) is 15.5. The Morgan fingerprint density at radius 1 is 0.969 bits per heavy atom. The molecule has 2 nitrogen and oxygen atoms in total. The smallest absolute Gasteiger partial charge is 0.131 e. The van der Waals surface area contributed by atoms with E-state index in [1.165, 1.54) is 58.3 Å². The first kappa shape index (κ1) is 18.4. The number of para-hydroxylation sites is 1. The van der Waals surface area contributed by atoms with Crippen molar-refractivity contribution < 1.29 is 4.39 Å². The van der Waals surface area contributed by atoms with Gasteiger partial charge < -0.3 is 4.40 Å². The Kier molecular flexibility index (Phi) is 3.68. The first-order valence-corrected chi connectivity index (χ1v) is 11.8. The molecule has 0 bridgehead atoms. The molecule has 0 unspecified atom stereocenters. The molecule has 6 aromatic rings. The van der Waals surface area contributed by atoms with Crippen LogP contribution in [0.2, 0.25) is 0 Å². The molecule has 0 aliphatic heterocycles.